The Hall–Kier alpha value is -1.68. The first-order valence-corrected chi connectivity index (χ1v) is 6.18. The summed E-state index contributed by atoms with van der Waals surface area (Å²) in [6, 6.07) is 6.23. The van der Waals surface area contributed by atoms with Gasteiger partial charge in [0.2, 0.25) is 0 Å². The summed E-state index contributed by atoms with van der Waals surface area (Å²) in [6.07, 6.45) is 1.77. The fourth-order valence-electron chi connectivity index (χ4n) is 1.40. The molecule has 0 amide bonds. The van der Waals surface area contributed by atoms with Gasteiger partial charge in [-0.3, -0.25) is 5.43 Å². The lowest BCUT2D eigenvalue weighted by atomic mass is 10.1. The third-order valence-electron chi connectivity index (χ3n) is 2.35. The minimum atomic E-state index is 0.499. The molecule has 1 rings (SSSR count). The zero-order chi connectivity index (χ0) is 13.5. The standard InChI is InChI=1S/C14H19N3S/c1-10(2)8-15-14(18)17-16-9-13-6-5-11(3)7-12(13)4/h5-7,9H,1,8H2,2-4H3,(H2,15,17,18)/b16-9+. The van der Waals surface area contributed by atoms with Crippen molar-refractivity contribution in [1.82, 2.24) is 10.7 Å². The smallest absolute Gasteiger partial charge is 0.187 e. The average Bonchev–Trinajstić information content (AvgIpc) is 2.29. The van der Waals surface area contributed by atoms with E-state index in [2.05, 4.69) is 48.4 Å². The first kappa shape index (κ1) is 14.4. The van der Waals surface area contributed by atoms with Crippen molar-refractivity contribution < 1.29 is 0 Å². The number of hydrogen-bond acceptors (Lipinski definition) is 2. The molecule has 0 fully saturated rings. The molecule has 0 unspecified atom stereocenters. The molecule has 0 aliphatic rings. The lowest BCUT2D eigenvalue weighted by Crippen LogP contribution is -2.32. The third-order valence-corrected chi connectivity index (χ3v) is 2.58. The van der Waals surface area contributed by atoms with E-state index >= 15 is 0 Å². The number of benzene rings is 1. The Kier molecular flexibility index (Phi) is 5.52. The summed E-state index contributed by atoms with van der Waals surface area (Å²) in [7, 11) is 0. The lowest BCUT2D eigenvalue weighted by Gasteiger charge is -2.06. The summed E-state index contributed by atoms with van der Waals surface area (Å²) in [4.78, 5) is 0. The summed E-state index contributed by atoms with van der Waals surface area (Å²) in [5, 5.41) is 7.60. The Morgan fingerprint density at radius 2 is 2.17 bits per heavy atom. The second-order valence-electron chi connectivity index (χ2n) is 4.37. The van der Waals surface area contributed by atoms with Crippen molar-refractivity contribution in [3.8, 4) is 0 Å². The molecular weight excluding hydrogens is 242 g/mol. The first-order valence-electron chi connectivity index (χ1n) is 5.77. The summed E-state index contributed by atoms with van der Waals surface area (Å²) in [5.74, 6) is 0. The summed E-state index contributed by atoms with van der Waals surface area (Å²) < 4.78 is 0. The van der Waals surface area contributed by atoms with Crippen LogP contribution < -0.4 is 10.7 Å². The van der Waals surface area contributed by atoms with Gasteiger partial charge in [-0.15, -0.1) is 0 Å². The SMILES string of the molecule is C=C(C)CNC(=S)N/N=C/c1ccc(C)cc1C. The van der Waals surface area contributed by atoms with E-state index in [1.807, 2.05) is 13.0 Å². The number of nitrogens with zero attached hydrogens (tertiary/aromatic N) is 1. The van der Waals surface area contributed by atoms with Gasteiger partial charge >= 0.3 is 0 Å². The number of nitrogens with one attached hydrogen (secondary N) is 2. The van der Waals surface area contributed by atoms with E-state index in [0.717, 1.165) is 11.1 Å². The highest BCUT2D eigenvalue weighted by molar-refractivity contribution is 7.80. The summed E-state index contributed by atoms with van der Waals surface area (Å²) in [5.41, 5.74) is 7.32. The van der Waals surface area contributed by atoms with E-state index < -0.39 is 0 Å². The highest BCUT2D eigenvalue weighted by Crippen LogP contribution is 2.07. The Labute approximate surface area is 114 Å². The predicted molar refractivity (Wildman–Crippen MR) is 82.1 cm³/mol. The molecule has 18 heavy (non-hydrogen) atoms. The van der Waals surface area contributed by atoms with E-state index in [9.17, 15) is 0 Å². The number of aryl methyl sites for hydroxylation is 2. The van der Waals surface area contributed by atoms with Gasteiger partial charge in [-0.1, -0.05) is 35.9 Å². The van der Waals surface area contributed by atoms with Gasteiger partial charge in [0.1, 0.15) is 0 Å². The van der Waals surface area contributed by atoms with Crippen LogP contribution >= 0.6 is 12.2 Å². The largest absolute Gasteiger partial charge is 0.358 e. The molecule has 0 saturated heterocycles. The topological polar surface area (TPSA) is 36.4 Å². The highest BCUT2D eigenvalue weighted by Gasteiger charge is 1.95. The van der Waals surface area contributed by atoms with Crippen molar-refractivity contribution in [2.45, 2.75) is 20.8 Å². The van der Waals surface area contributed by atoms with Crippen LogP contribution in [0, 0.1) is 13.8 Å². The molecule has 0 atom stereocenters. The summed E-state index contributed by atoms with van der Waals surface area (Å²) in [6.45, 7) is 10.5. The van der Waals surface area contributed by atoms with Crippen LogP contribution in [-0.2, 0) is 0 Å². The minimum Gasteiger partial charge on any atom is -0.358 e. The Morgan fingerprint density at radius 3 is 2.78 bits per heavy atom. The van der Waals surface area contributed by atoms with E-state index in [1.54, 1.807) is 6.21 Å². The fraction of sp³-hybridized carbons (Fsp3) is 0.286. The van der Waals surface area contributed by atoms with Gasteiger partial charge in [-0.25, -0.2) is 0 Å². The van der Waals surface area contributed by atoms with Crippen molar-refractivity contribution in [3.05, 3.63) is 47.0 Å². The number of rotatable bonds is 4. The Morgan fingerprint density at radius 1 is 1.44 bits per heavy atom. The van der Waals surface area contributed by atoms with Gasteiger partial charge in [0.25, 0.3) is 0 Å². The van der Waals surface area contributed by atoms with Crippen molar-refractivity contribution in [2.75, 3.05) is 6.54 Å². The molecule has 2 N–H and O–H groups in total. The molecule has 96 valence electrons. The Bertz CT molecular complexity index is 478. The van der Waals surface area contributed by atoms with Gasteiger partial charge in [0, 0.05) is 6.54 Å². The van der Waals surface area contributed by atoms with Crippen LogP contribution in [0.4, 0.5) is 0 Å². The van der Waals surface area contributed by atoms with E-state index in [0.29, 0.717) is 11.7 Å². The zero-order valence-corrected chi connectivity index (χ0v) is 11.9. The number of hydrogen-bond donors (Lipinski definition) is 2. The maximum absolute atomic E-state index is 5.06. The van der Waals surface area contributed by atoms with Gasteiger partial charge < -0.3 is 5.32 Å². The van der Waals surface area contributed by atoms with Crippen LogP contribution in [0.2, 0.25) is 0 Å². The van der Waals surface area contributed by atoms with Crippen molar-refractivity contribution >= 4 is 23.5 Å². The predicted octanol–water partition coefficient (Wildman–Crippen LogP) is 2.68. The van der Waals surface area contributed by atoms with Gasteiger partial charge in [-0.2, -0.15) is 5.10 Å². The fourth-order valence-corrected chi connectivity index (χ4v) is 1.53. The molecule has 3 nitrogen and oxygen atoms in total. The molecule has 0 radical (unpaired) electrons. The Balaban J connectivity index is 2.49. The molecule has 0 spiro atoms. The quantitative estimate of drug-likeness (QED) is 0.379. The first-order chi connectivity index (χ1) is 8.49. The maximum atomic E-state index is 5.06. The molecule has 0 bridgehead atoms. The van der Waals surface area contributed by atoms with E-state index in [1.165, 1.54) is 11.1 Å². The van der Waals surface area contributed by atoms with E-state index in [-0.39, 0.29) is 0 Å². The van der Waals surface area contributed by atoms with E-state index in [4.69, 9.17) is 12.2 Å². The normalized spacial score (nSPS) is 10.4. The number of hydrazone groups is 1. The number of thiocarbonyl (C=S) groups is 1. The molecule has 1 aromatic rings. The molecule has 0 aliphatic heterocycles. The van der Waals surface area contributed by atoms with Gasteiger partial charge in [0.05, 0.1) is 6.21 Å². The third kappa shape index (κ3) is 5.10. The van der Waals surface area contributed by atoms with Crippen LogP contribution in [0.5, 0.6) is 0 Å². The zero-order valence-electron chi connectivity index (χ0n) is 11.1. The molecule has 0 aliphatic carbocycles. The van der Waals surface area contributed by atoms with Crippen LogP contribution in [0.1, 0.15) is 23.6 Å². The van der Waals surface area contributed by atoms with Crippen LogP contribution in [-0.4, -0.2) is 17.9 Å². The lowest BCUT2D eigenvalue weighted by molar-refractivity contribution is 0.917. The average molecular weight is 261 g/mol. The minimum absolute atomic E-state index is 0.499. The van der Waals surface area contributed by atoms with Gasteiger partial charge in [0.15, 0.2) is 5.11 Å². The van der Waals surface area contributed by atoms with Crippen LogP contribution in [0.3, 0.4) is 0 Å². The maximum Gasteiger partial charge on any atom is 0.187 e. The monoisotopic (exact) mass is 261 g/mol. The van der Waals surface area contributed by atoms with Gasteiger partial charge in [-0.05, 0) is 44.1 Å². The van der Waals surface area contributed by atoms with Crippen LogP contribution in [0.15, 0.2) is 35.5 Å². The molecular formula is C14H19N3S. The molecule has 4 heteroatoms. The molecule has 0 aromatic heterocycles. The second-order valence-corrected chi connectivity index (χ2v) is 4.78. The molecule has 0 heterocycles. The van der Waals surface area contributed by atoms with Crippen molar-refractivity contribution in [1.29, 1.82) is 0 Å². The van der Waals surface area contributed by atoms with Crippen molar-refractivity contribution in [2.24, 2.45) is 5.10 Å². The highest BCUT2D eigenvalue weighted by atomic mass is 32.1. The molecule has 0 saturated carbocycles. The molecule has 1 aromatic carbocycles. The van der Waals surface area contributed by atoms with Crippen molar-refractivity contribution in [3.63, 3.8) is 0 Å². The van der Waals surface area contributed by atoms with Crippen LogP contribution in [0.25, 0.3) is 0 Å². The summed E-state index contributed by atoms with van der Waals surface area (Å²) >= 11 is 5.06. The second kappa shape index (κ2) is 6.91.